The van der Waals surface area contributed by atoms with Crippen molar-refractivity contribution in [1.29, 1.82) is 0 Å². The number of hydrogen-bond donors (Lipinski definition) is 1. The molecule has 0 unspecified atom stereocenters. The Kier molecular flexibility index (Phi) is 7.16. The van der Waals surface area contributed by atoms with E-state index in [-0.39, 0.29) is 15.7 Å². The molecule has 34 heavy (non-hydrogen) atoms. The van der Waals surface area contributed by atoms with E-state index < -0.39 is 15.8 Å². The molecule has 6 nitrogen and oxygen atoms in total. The van der Waals surface area contributed by atoms with Crippen molar-refractivity contribution in [1.82, 2.24) is 10.1 Å². The van der Waals surface area contributed by atoms with Gasteiger partial charge in [-0.3, -0.25) is 4.72 Å². The highest BCUT2D eigenvalue weighted by Crippen LogP contribution is 2.23. The molecule has 0 spiro atoms. The minimum Gasteiger partial charge on any atom is -0.356 e. The van der Waals surface area contributed by atoms with Crippen LogP contribution in [0.1, 0.15) is 17.7 Å². The lowest BCUT2D eigenvalue weighted by Crippen LogP contribution is -2.20. The number of nitrogens with one attached hydrogen (secondary N) is 1. The van der Waals surface area contributed by atoms with Gasteiger partial charge in [-0.2, -0.15) is 0 Å². The summed E-state index contributed by atoms with van der Waals surface area (Å²) in [6.45, 7) is 1.36. The fourth-order valence-corrected chi connectivity index (χ4v) is 4.96. The van der Waals surface area contributed by atoms with E-state index in [2.05, 4.69) is 14.8 Å². The second-order valence-corrected chi connectivity index (χ2v) is 10.1. The van der Waals surface area contributed by atoms with Crippen molar-refractivity contribution < 1.29 is 21.7 Å². The third-order valence-corrected chi connectivity index (χ3v) is 6.96. The summed E-state index contributed by atoms with van der Waals surface area (Å²) in [6, 6.07) is 14.7. The van der Waals surface area contributed by atoms with Crippen LogP contribution in [0.2, 0.25) is 5.02 Å². The average Bonchev–Trinajstić information content (AvgIpc) is 3.17. The molecule has 0 saturated carbocycles. The maximum Gasteiger partial charge on any atom is 0.261 e. The van der Waals surface area contributed by atoms with Gasteiger partial charge in [-0.25, -0.2) is 17.2 Å². The highest BCUT2D eigenvalue weighted by molar-refractivity contribution is 7.92. The first kappa shape index (κ1) is 24.1. The molecular weight excluding hydrogens is 484 g/mol. The van der Waals surface area contributed by atoms with Gasteiger partial charge in [0.25, 0.3) is 10.0 Å². The summed E-state index contributed by atoms with van der Waals surface area (Å²) in [5.74, 6) is -1.04. The van der Waals surface area contributed by atoms with Gasteiger partial charge < -0.3 is 9.42 Å². The number of halogens is 3. The predicted molar refractivity (Wildman–Crippen MR) is 127 cm³/mol. The van der Waals surface area contributed by atoms with Crippen molar-refractivity contribution in [3.63, 3.8) is 0 Å². The minimum atomic E-state index is -3.91. The Morgan fingerprint density at radius 3 is 2.71 bits per heavy atom. The van der Waals surface area contributed by atoms with E-state index in [4.69, 9.17) is 16.1 Å². The lowest BCUT2D eigenvalue weighted by molar-refractivity contribution is 0.320. The van der Waals surface area contributed by atoms with Crippen LogP contribution in [-0.4, -0.2) is 32.1 Å². The molecule has 4 rings (SSSR count). The van der Waals surface area contributed by atoms with Crippen LogP contribution < -0.4 is 4.72 Å². The zero-order valence-electron chi connectivity index (χ0n) is 18.3. The molecule has 1 heterocycles. The molecule has 0 fully saturated rings. The van der Waals surface area contributed by atoms with Crippen molar-refractivity contribution in [2.24, 2.45) is 0 Å². The summed E-state index contributed by atoms with van der Waals surface area (Å²) in [5.41, 5.74) is 2.54. The topological polar surface area (TPSA) is 75.4 Å². The summed E-state index contributed by atoms with van der Waals surface area (Å²) >= 11 is 5.72. The third-order valence-electron chi connectivity index (χ3n) is 5.30. The molecule has 10 heteroatoms. The summed E-state index contributed by atoms with van der Waals surface area (Å²) < 4.78 is 59.6. The van der Waals surface area contributed by atoms with Crippen molar-refractivity contribution in [2.75, 3.05) is 18.3 Å². The molecule has 0 bridgehead atoms. The molecule has 0 saturated heterocycles. The highest BCUT2D eigenvalue weighted by Gasteiger charge is 2.16. The van der Waals surface area contributed by atoms with E-state index in [1.54, 1.807) is 24.3 Å². The van der Waals surface area contributed by atoms with Gasteiger partial charge in [0.1, 0.15) is 11.6 Å². The molecule has 1 aromatic heterocycles. The third kappa shape index (κ3) is 5.72. The smallest absolute Gasteiger partial charge is 0.261 e. The number of fused-ring (bicyclic) bond motifs is 1. The Bertz CT molecular complexity index is 1430. The van der Waals surface area contributed by atoms with E-state index >= 15 is 0 Å². The molecule has 0 amide bonds. The maximum atomic E-state index is 13.4. The highest BCUT2D eigenvalue weighted by atomic mass is 35.5. The van der Waals surface area contributed by atoms with Crippen molar-refractivity contribution >= 4 is 38.3 Å². The van der Waals surface area contributed by atoms with Crippen molar-refractivity contribution in [3.8, 4) is 0 Å². The van der Waals surface area contributed by atoms with Gasteiger partial charge in [-0.15, -0.1) is 0 Å². The Morgan fingerprint density at radius 1 is 1.09 bits per heavy atom. The van der Waals surface area contributed by atoms with Crippen LogP contribution in [0.5, 0.6) is 0 Å². The number of rotatable bonds is 9. The largest absolute Gasteiger partial charge is 0.356 e. The van der Waals surface area contributed by atoms with E-state index in [1.165, 1.54) is 12.1 Å². The molecule has 0 aliphatic heterocycles. The first-order valence-corrected chi connectivity index (χ1v) is 12.4. The van der Waals surface area contributed by atoms with E-state index in [0.29, 0.717) is 24.2 Å². The normalized spacial score (nSPS) is 11.9. The number of aromatic nitrogens is 1. The van der Waals surface area contributed by atoms with Gasteiger partial charge in [-0.05, 0) is 74.5 Å². The average molecular weight is 506 g/mol. The number of sulfonamides is 1. The van der Waals surface area contributed by atoms with Gasteiger partial charge in [0.15, 0.2) is 5.58 Å². The van der Waals surface area contributed by atoms with Gasteiger partial charge in [-0.1, -0.05) is 28.9 Å². The van der Waals surface area contributed by atoms with E-state index in [1.807, 2.05) is 13.1 Å². The maximum absolute atomic E-state index is 13.4. The van der Waals surface area contributed by atoms with Gasteiger partial charge in [0.05, 0.1) is 15.6 Å². The van der Waals surface area contributed by atoms with E-state index in [0.717, 1.165) is 47.8 Å². The number of nitrogens with zero attached hydrogens (tertiary/aromatic N) is 2. The van der Waals surface area contributed by atoms with Crippen LogP contribution in [-0.2, 0) is 23.0 Å². The molecule has 0 aliphatic carbocycles. The number of anilines is 1. The van der Waals surface area contributed by atoms with Crippen molar-refractivity contribution in [2.45, 2.75) is 24.3 Å². The summed E-state index contributed by atoms with van der Waals surface area (Å²) in [5, 5.41) is 4.60. The Labute approximate surface area is 201 Å². The van der Waals surface area contributed by atoms with Crippen LogP contribution in [0.3, 0.4) is 0 Å². The standard InChI is InChI=1S/C24H22ClF2N3O3S/c1-30(11-3-6-23-20-9-7-17(26)13-24(20)33-28-23)15-16-4-2-5-18(12-16)29-34(31,32)19-8-10-22(27)21(25)14-19/h2,4-5,7-10,12-14,29H,3,6,11,15H2,1H3. The molecule has 0 atom stereocenters. The summed E-state index contributed by atoms with van der Waals surface area (Å²) in [4.78, 5) is 1.99. The lowest BCUT2D eigenvalue weighted by atomic mass is 10.1. The van der Waals surface area contributed by atoms with Crippen LogP contribution >= 0.6 is 11.6 Å². The molecule has 1 N–H and O–H groups in total. The predicted octanol–water partition coefficient (Wildman–Crippen LogP) is 5.62. The summed E-state index contributed by atoms with van der Waals surface area (Å²) in [7, 11) is -1.95. The number of benzene rings is 3. The first-order valence-electron chi connectivity index (χ1n) is 10.5. The van der Waals surface area contributed by atoms with Gasteiger partial charge in [0, 0.05) is 23.7 Å². The zero-order chi connectivity index (χ0) is 24.3. The first-order chi connectivity index (χ1) is 16.2. The fraction of sp³-hybridized carbons (Fsp3) is 0.208. The number of aryl methyl sites for hydroxylation is 1. The zero-order valence-corrected chi connectivity index (χ0v) is 19.8. The Balaban J connectivity index is 1.34. The van der Waals surface area contributed by atoms with E-state index in [9.17, 15) is 17.2 Å². The van der Waals surface area contributed by atoms with Crippen LogP contribution in [0.15, 0.2) is 70.1 Å². The fourth-order valence-electron chi connectivity index (χ4n) is 3.64. The molecule has 178 valence electrons. The molecule has 0 radical (unpaired) electrons. The lowest BCUT2D eigenvalue weighted by Gasteiger charge is -2.17. The minimum absolute atomic E-state index is 0.121. The molecule has 3 aromatic carbocycles. The quantitative estimate of drug-likeness (QED) is 0.319. The molecule has 0 aliphatic rings. The van der Waals surface area contributed by atoms with Crippen LogP contribution in [0, 0.1) is 11.6 Å². The van der Waals surface area contributed by atoms with Gasteiger partial charge in [0.2, 0.25) is 0 Å². The molecule has 4 aromatic rings. The second kappa shape index (κ2) is 10.1. The molecular formula is C24H22ClF2N3O3S. The SMILES string of the molecule is CN(CCCc1noc2cc(F)ccc12)Cc1cccc(NS(=O)(=O)c2ccc(F)c(Cl)c2)c1. The Morgan fingerprint density at radius 2 is 1.91 bits per heavy atom. The number of hydrogen-bond acceptors (Lipinski definition) is 5. The van der Waals surface area contributed by atoms with Gasteiger partial charge >= 0.3 is 0 Å². The Hall–Kier alpha value is -3.01. The second-order valence-electron chi connectivity index (χ2n) is 7.99. The van der Waals surface area contributed by atoms with Crippen LogP contribution in [0.4, 0.5) is 14.5 Å². The monoisotopic (exact) mass is 505 g/mol. The summed E-state index contributed by atoms with van der Waals surface area (Å²) in [6.07, 6.45) is 1.50. The van der Waals surface area contributed by atoms with Crippen LogP contribution in [0.25, 0.3) is 11.0 Å². The van der Waals surface area contributed by atoms with Crippen molar-refractivity contribution in [3.05, 3.63) is 88.6 Å².